The fraction of sp³-hybridized carbons (Fsp3) is 0.600. The molecule has 0 aliphatic carbocycles. The Morgan fingerprint density at radius 1 is 1.28 bits per heavy atom. The molecule has 2 N–H and O–H groups in total. The van der Waals surface area contributed by atoms with Gasteiger partial charge in [-0.15, -0.1) is 0 Å². The van der Waals surface area contributed by atoms with Crippen LogP contribution < -0.4 is 15.4 Å². The topological polar surface area (TPSA) is 38.5 Å². The van der Waals surface area contributed by atoms with Crippen molar-refractivity contribution >= 4 is 11.4 Å². The van der Waals surface area contributed by atoms with Crippen molar-refractivity contribution in [2.75, 3.05) is 23.8 Å². The lowest BCUT2D eigenvalue weighted by Crippen LogP contribution is -2.32. The Morgan fingerprint density at radius 3 is 2.89 bits per heavy atom. The summed E-state index contributed by atoms with van der Waals surface area (Å²) < 4.78 is 5.58. The van der Waals surface area contributed by atoms with Gasteiger partial charge in [-0.2, -0.15) is 0 Å². The molecule has 0 saturated carbocycles. The van der Waals surface area contributed by atoms with Gasteiger partial charge in [0.05, 0.1) is 6.61 Å². The van der Waals surface area contributed by atoms with E-state index in [9.17, 15) is 0 Å². The minimum Gasteiger partial charge on any atom is -0.494 e. The maximum atomic E-state index is 5.97. The molecule has 1 aliphatic rings. The summed E-state index contributed by atoms with van der Waals surface area (Å²) in [7, 11) is 0. The molecular formula is C15H24N2O. The van der Waals surface area contributed by atoms with Crippen LogP contribution >= 0.6 is 0 Å². The molecule has 1 aromatic carbocycles. The van der Waals surface area contributed by atoms with Gasteiger partial charge in [-0.1, -0.05) is 12.8 Å². The van der Waals surface area contributed by atoms with Crippen LogP contribution in [-0.4, -0.2) is 19.2 Å². The molecule has 18 heavy (non-hydrogen) atoms. The predicted octanol–water partition coefficient (Wildman–Crippen LogP) is 3.44. The summed E-state index contributed by atoms with van der Waals surface area (Å²) in [5, 5.41) is 0. The maximum Gasteiger partial charge on any atom is 0.123 e. The zero-order valence-electron chi connectivity index (χ0n) is 11.5. The molecule has 1 atom stereocenters. The fourth-order valence-corrected chi connectivity index (χ4v) is 2.68. The van der Waals surface area contributed by atoms with Gasteiger partial charge < -0.3 is 15.4 Å². The highest BCUT2D eigenvalue weighted by atomic mass is 16.5. The first-order valence-electron chi connectivity index (χ1n) is 7.00. The maximum absolute atomic E-state index is 5.97. The van der Waals surface area contributed by atoms with Crippen LogP contribution in [-0.2, 0) is 0 Å². The Bertz CT molecular complexity index is 392. The average Bonchev–Trinajstić information content (AvgIpc) is 2.53. The highest BCUT2D eigenvalue weighted by Gasteiger charge is 2.18. The van der Waals surface area contributed by atoms with Crippen LogP contribution in [0.15, 0.2) is 18.2 Å². The zero-order chi connectivity index (χ0) is 13.0. The van der Waals surface area contributed by atoms with Crippen molar-refractivity contribution in [2.24, 2.45) is 0 Å². The van der Waals surface area contributed by atoms with Crippen molar-refractivity contribution in [3.63, 3.8) is 0 Å². The highest BCUT2D eigenvalue weighted by Crippen LogP contribution is 2.29. The summed E-state index contributed by atoms with van der Waals surface area (Å²) in [5.41, 5.74) is 7.96. The smallest absolute Gasteiger partial charge is 0.123 e. The lowest BCUT2D eigenvalue weighted by molar-refractivity contribution is 0.340. The van der Waals surface area contributed by atoms with Crippen LogP contribution in [0.2, 0.25) is 0 Å². The monoisotopic (exact) mass is 248 g/mol. The van der Waals surface area contributed by atoms with Crippen molar-refractivity contribution < 1.29 is 4.74 Å². The SMILES string of the molecule is CCOc1cc(N)cc(N2CCCCCC2C)c1. The van der Waals surface area contributed by atoms with Crippen LogP contribution in [0.4, 0.5) is 11.4 Å². The largest absolute Gasteiger partial charge is 0.494 e. The summed E-state index contributed by atoms with van der Waals surface area (Å²) >= 11 is 0. The molecule has 1 fully saturated rings. The third-order valence-corrected chi connectivity index (χ3v) is 3.61. The van der Waals surface area contributed by atoms with E-state index in [1.165, 1.54) is 31.4 Å². The molecule has 1 unspecified atom stereocenters. The summed E-state index contributed by atoms with van der Waals surface area (Å²) in [6, 6.07) is 6.66. The number of hydrogen-bond donors (Lipinski definition) is 1. The first-order chi connectivity index (χ1) is 8.70. The molecule has 3 heteroatoms. The molecule has 3 nitrogen and oxygen atoms in total. The van der Waals surface area contributed by atoms with Gasteiger partial charge >= 0.3 is 0 Å². The molecule has 100 valence electrons. The van der Waals surface area contributed by atoms with Gasteiger partial charge in [-0.3, -0.25) is 0 Å². The lowest BCUT2D eigenvalue weighted by atomic mass is 10.1. The van der Waals surface area contributed by atoms with Gasteiger partial charge in [0.25, 0.3) is 0 Å². The lowest BCUT2D eigenvalue weighted by Gasteiger charge is -2.30. The van der Waals surface area contributed by atoms with Gasteiger partial charge in [-0.25, -0.2) is 0 Å². The molecule has 0 radical (unpaired) electrons. The van der Waals surface area contributed by atoms with Crippen molar-refractivity contribution in [2.45, 2.75) is 45.6 Å². The Morgan fingerprint density at radius 2 is 2.11 bits per heavy atom. The average molecular weight is 248 g/mol. The Labute approximate surface area is 110 Å². The molecule has 0 amide bonds. The number of hydrogen-bond acceptors (Lipinski definition) is 3. The summed E-state index contributed by atoms with van der Waals surface area (Å²) in [4.78, 5) is 2.46. The highest BCUT2D eigenvalue weighted by molar-refractivity contribution is 5.61. The van der Waals surface area contributed by atoms with E-state index in [0.29, 0.717) is 12.6 Å². The minimum atomic E-state index is 0.587. The molecule has 1 aliphatic heterocycles. The van der Waals surface area contributed by atoms with Crippen molar-refractivity contribution in [3.8, 4) is 5.75 Å². The second-order valence-corrected chi connectivity index (χ2v) is 5.09. The molecule has 1 heterocycles. The van der Waals surface area contributed by atoms with E-state index in [-0.39, 0.29) is 0 Å². The van der Waals surface area contributed by atoms with E-state index in [1.54, 1.807) is 0 Å². The van der Waals surface area contributed by atoms with E-state index < -0.39 is 0 Å². The van der Waals surface area contributed by atoms with Gasteiger partial charge in [0.15, 0.2) is 0 Å². The van der Waals surface area contributed by atoms with E-state index >= 15 is 0 Å². The van der Waals surface area contributed by atoms with Crippen LogP contribution in [0.5, 0.6) is 5.75 Å². The number of benzene rings is 1. The van der Waals surface area contributed by atoms with E-state index in [1.807, 2.05) is 13.0 Å². The first kappa shape index (κ1) is 13.1. The van der Waals surface area contributed by atoms with Crippen LogP contribution in [0, 0.1) is 0 Å². The number of rotatable bonds is 3. The number of nitrogens with zero attached hydrogens (tertiary/aromatic N) is 1. The summed E-state index contributed by atoms with van der Waals surface area (Å²) in [6.45, 7) is 6.10. The number of ether oxygens (including phenoxy) is 1. The predicted molar refractivity (Wildman–Crippen MR) is 77.3 cm³/mol. The molecular weight excluding hydrogens is 224 g/mol. The van der Waals surface area contributed by atoms with Gasteiger partial charge in [-0.05, 0) is 32.8 Å². The number of nitrogens with two attached hydrogens (primary N) is 1. The Kier molecular flexibility index (Phi) is 4.34. The second kappa shape index (κ2) is 5.98. The minimum absolute atomic E-state index is 0.587. The standard InChI is InChI=1S/C15H24N2O/c1-3-18-15-10-13(16)9-14(11-15)17-8-6-4-5-7-12(17)2/h9-12H,3-8,16H2,1-2H3. The second-order valence-electron chi connectivity index (χ2n) is 5.09. The molecule has 0 spiro atoms. The number of nitrogen functional groups attached to an aromatic ring is 1. The summed E-state index contributed by atoms with van der Waals surface area (Å²) in [6.07, 6.45) is 5.20. The van der Waals surface area contributed by atoms with Crippen LogP contribution in [0.3, 0.4) is 0 Å². The molecule has 1 saturated heterocycles. The van der Waals surface area contributed by atoms with Crippen LogP contribution in [0.1, 0.15) is 39.5 Å². The zero-order valence-corrected chi connectivity index (χ0v) is 11.5. The van der Waals surface area contributed by atoms with Crippen LogP contribution in [0.25, 0.3) is 0 Å². The first-order valence-corrected chi connectivity index (χ1v) is 7.00. The van der Waals surface area contributed by atoms with Crippen molar-refractivity contribution in [1.82, 2.24) is 0 Å². The Hall–Kier alpha value is -1.38. The third-order valence-electron chi connectivity index (χ3n) is 3.61. The third kappa shape index (κ3) is 3.09. The Balaban J connectivity index is 2.24. The van der Waals surface area contributed by atoms with Gasteiger partial charge in [0, 0.05) is 36.1 Å². The molecule has 0 bridgehead atoms. The fourth-order valence-electron chi connectivity index (χ4n) is 2.68. The van der Waals surface area contributed by atoms with E-state index in [2.05, 4.69) is 24.0 Å². The van der Waals surface area contributed by atoms with Gasteiger partial charge in [0.2, 0.25) is 0 Å². The number of anilines is 2. The molecule has 1 aromatic rings. The molecule has 2 rings (SSSR count). The van der Waals surface area contributed by atoms with Crippen molar-refractivity contribution in [1.29, 1.82) is 0 Å². The quantitative estimate of drug-likeness (QED) is 0.833. The molecule has 0 aromatic heterocycles. The normalized spacial score (nSPS) is 20.6. The summed E-state index contributed by atoms with van der Waals surface area (Å²) in [5.74, 6) is 0.879. The van der Waals surface area contributed by atoms with E-state index in [0.717, 1.165) is 18.0 Å². The van der Waals surface area contributed by atoms with Gasteiger partial charge in [0.1, 0.15) is 5.75 Å². The van der Waals surface area contributed by atoms with E-state index in [4.69, 9.17) is 10.5 Å². The van der Waals surface area contributed by atoms with Crippen molar-refractivity contribution in [3.05, 3.63) is 18.2 Å².